The number of hydrogen-bond acceptors (Lipinski definition) is 3. The maximum Gasteiger partial charge on any atom is 0.212 e. The molecule has 0 radical (unpaired) electrons. The van der Waals surface area contributed by atoms with Gasteiger partial charge in [0.05, 0.1) is 5.75 Å². The van der Waals surface area contributed by atoms with E-state index in [1.165, 1.54) is 0 Å². The number of hydrogen-bond donors (Lipinski definition) is 2. The van der Waals surface area contributed by atoms with Gasteiger partial charge in [-0.05, 0) is 24.8 Å². The van der Waals surface area contributed by atoms with E-state index in [4.69, 9.17) is 5.73 Å². The second-order valence-electron chi connectivity index (χ2n) is 5.06. The monoisotopic (exact) mass is 236 g/mol. The topological polar surface area (TPSA) is 72.2 Å². The molecule has 0 aliphatic heterocycles. The minimum atomic E-state index is -3.11. The van der Waals surface area contributed by atoms with Crippen molar-refractivity contribution in [2.24, 2.45) is 11.1 Å². The van der Waals surface area contributed by atoms with Crippen LogP contribution >= 0.6 is 0 Å². The lowest BCUT2D eigenvalue weighted by molar-refractivity contribution is 0.457. The Morgan fingerprint density at radius 1 is 1.13 bits per heavy atom. The SMILES string of the molecule is CC(C)(C)CS(=O)(=O)NCCCCCN. The predicted octanol–water partition coefficient (Wildman–Crippen LogP) is 1.08. The normalized spacial score (nSPS) is 13.1. The van der Waals surface area contributed by atoms with Crippen LogP contribution in [0.3, 0.4) is 0 Å². The van der Waals surface area contributed by atoms with E-state index in [0.29, 0.717) is 13.1 Å². The third-order valence-electron chi connectivity index (χ3n) is 1.83. The summed E-state index contributed by atoms with van der Waals surface area (Å²) in [5.41, 5.74) is 5.15. The summed E-state index contributed by atoms with van der Waals surface area (Å²) >= 11 is 0. The van der Waals surface area contributed by atoms with E-state index in [1.807, 2.05) is 20.8 Å². The first-order valence-electron chi connectivity index (χ1n) is 5.44. The van der Waals surface area contributed by atoms with Crippen molar-refractivity contribution in [3.63, 3.8) is 0 Å². The molecule has 0 atom stereocenters. The van der Waals surface area contributed by atoms with Crippen molar-refractivity contribution in [2.45, 2.75) is 40.0 Å². The van der Waals surface area contributed by atoms with Crippen LogP contribution in [0, 0.1) is 5.41 Å². The molecule has 4 nitrogen and oxygen atoms in total. The molecule has 0 bridgehead atoms. The van der Waals surface area contributed by atoms with Gasteiger partial charge in [0.1, 0.15) is 0 Å². The van der Waals surface area contributed by atoms with Gasteiger partial charge in [-0.1, -0.05) is 27.2 Å². The molecule has 0 aliphatic rings. The smallest absolute Gasteiger partial charge is 0.212 e. The minimum Gasteiger partial charge on any atom is -0.330 e. The van der Waals surface area contributed by atoms with Gasteiger partial charge in [0.25, 0.3) is 0 Å². The summed E-state index contributed by atoms with van der Waals surface area (Å²) in [6, 6.07) is 0. The zero-order valence-electron chi connectivity index (χ0n) is 10.0. The van der Waals surface area contributed by atoms with Crippen molar-refractivity contribution in [1.82, 2.24) is 4.72 Å². The summed E-state index contributed by atoms with van der Waals surface area (Å²) in [6.07, 6.45) is 2.80. The molecule has 0 aromatic rings. The molecule has 3 N–H and O–H groups in total. The maximum absolute atomic E-state index is 11.5. The predicted molar refractivity (Wildman–Crippen MR) is 64.1 cm³/mol. The van der Waals surface area contributed by atoms with E-state index >= 15 is 0 Å². The molecule has 5 heteroatoms. The summed E-state index contributed by atoms with van der Waals surface area (Å²) in [5, 5.41) is 0. The summed E-state index contributed by atoms with van der Waals surface area (Å²) in [7, 11) is -3.11. The Morgan fingerprint density at radius 3 is 2.20 bits per heavy atom. The molecule has 0 spiro atoms. The fourth-order valence-electron chi connectivity index (χ4n) is 1.29. The Labute approximate surface area is 93.7 Å². The highest BCUT2D eigenvalue weighted by atomic mass is 32.2. The van der Waals surface area contributed by atoms with E-state index in [1.54, 1.807) is 0 Å². The van der Waals surface area contributed by atoms with E-state index in [2.05, 4.69) is 4.72 Å². The molecule has 0 unspecified atom stereocenters. The second-order valence-corrected chi connectivity index (χ2v) is 6.87. The van der Waals surface area contributed by atoms with E-state index in [9.17, 15) is 8.42 Å². The van der Waals surface area contributed by atoms with Crippen LogP contribution in [0.5, 0.6) is 0 Å². The molecule has 0 rings (SSSR count). The van der Waals surface area contributed by atoms with Gasteiger partial charge in [0, 0.05) is 6.54 Å². The van der Waals surface area contributed by atoms with Crippen LogP contribution in [-0.4, -0.2) is 27.3 Å². The lowest BCUT2D eigenvalue weighted by Crippen LogP contribution is -2.32. The fraction of sp³-hybridized carbons (Fsp3) is 1.00. The largest absolute Gasteiger partial charge is 0.330 e. The Bertz CT molecular complexity index is 255. The van der Waals surface area contributed by atoms with Crippen LogP contribution in [0.2, 0.25) is 0 Å². The summed E-state index contributed by atoms with van der Waals surface area (Å²) < 4.78 is 25.7. The average molecular weight is 236 g/mol. The van der Waals surface area contributed by atoms with Gasteiger partial charge in [-0.25, -0.2) is 13.1 Å². The molecule has 15 heavy (non-hydrogen) atoms. The van der Waals surface area contributed by atoms with Gasteiger partial charge in [0.15, 0.2) is 0 Å². The zero-order chi connectivity index (χ0) is 11.9. The van der Waals surface area contributed by atoms with Crippen LogP contribution in [0.1, 0.15) is 40.0 Å². The number of rotatable bonds is 7. The van der Waals surface area contributed by atoms with Crippen LogP contribution < -0.4 is 10.5 Å². The molecular formula is C10H24N2O2S. The summed E-state index contributed by atoms with van der Waals surface area (Å²) in [6.45, 7) is 6.95. The van der Waals surface area contributed by atoms with Crippen molar-refractivity contribution in [2.75, 3.05) is 18.8 Å². The van der Waals surface area contributed by atoms with Gasteiger partial charge in [0.2, 0.25) is 10.0 Å². The van der Waals surface area contributed by atoms with Crippen LogP contribution in [0.15, 0.2) is 0 Å². The molecule has 0 amide bonds. The van der Waals surface area contributed by atoms with Crippen molar-refractivity contribution < 1.29 is 8.42 Å². The molecule has 0 aromatic carbocycles. The summed E-state index contributed by atoms with van der Waals surface area (Å²) in [5.74, 6) is 0.177. The Hall–Kier alpha value is -0.130. The van der Waals surface area contributed by atoms with E-state index in [0.717, 1.165) is 19.3 Å². The fourth-order valence-corrected chi connectivity index (χ4v) is 2.99. The molecule has 92 valence electrons. The van der Waals surface area contributed by atoms with Gasteiger partial charge in [-0.15, -0.1) is 0 Å². The van der Waals surface area contributed by atoms with E-state index in [-0.39, 0.29) is 11.2 Å². The van der Waals surface area contributed by atoms with Gasteiger partial charge in [-0.2, -0.15) is 0 Å². The van der Waals surface area contributed by atoms with E-state index < -0.39 is 10.0 Å². The third kappa shape index (κ3) is 10.2. The number of nitrogens with two attached hydrogens (primary N) is 1. The second kappa shape index (κ2) is 6.45. The van der Waals surface area contributed by atoms with Crippen LogP contribution in [0.25, 0.3) is 0 Å². The highest BCUT2D eigenvalue weighted by Gasteiger charge is 2.20. The first kappa shape index (κ1) is 14.9. The molecule has 0 saturated heterocycles. The quantitative estimate of drug-likeness (QED) is 0.650. The number of unbranched alkanes of at least 4 members (excludes halogenated alkanes) is 2. The first-order chi connectivity index (χ1) is 6.77. The average Bonchev–Trinajstić information content (AvgIpc) is 1.99. The first-order valence-corrected chi connectivity index (χ1v) is 7.09. The third-order valence-corrected chi connectivity index (χ3v) is 3.72. The van der Waals surface area contributed by atoms with Crippen LogP contribution in [0.4, 0.5) is 0 Å². The zero-order valence-corrected chi connectivity index (χ0v) is 10.9. The minimum absolute atomic E-state index is 0.177. The molecule has 0 fully saturated rings. The van der Waals surface area contributed by atoms with Crippen molar-refractivity contribution in [1.29, 1.82) is 0 Å². The number of nitrogens with one attached hydrogen (secondary N) is 1. The highest BCUT2D eigenvalue weighted by Crippen LogP contribution is 2.15. The summed E-state index contributed by atoms with van der Waals surface area (Å²) in [4.78, 5) is 0. The molecule has 0 aromatic heterocycles. The molecule has 0 saturated carbocycles. The van der Waals surface area contributed by atoms with Crippen molar-refractivity contribution >= 4 is 10.0 Å². The maximum atomic E-state index is 11.5. The molecular weight excluding hydrogens is 212 g/mol. The number of sulfonamides is 1. The lowest BCUT2D eigenvalue weighted by Gasteiger charge is -2.18. The molecule has 0 aliphatic carbocycles. The van der Waals surface area contributed by atoms with Crippen molar-refractivity contribution in [3.8, 4) is 0 Å². The van der Waals surface area contributed by atoms with Crippen molar-refractivity contribution in [3.05, 3.63) is 0 Å². The van der Waals surface area contributed by atoms with Gasteiger partial charge >= 0.3 is 0 Å². The molecule has 0 heterocycles. The highest BCUT2D eigenvalue weighted by molar-refractivity contribution is 7.89. The lowest BCUT2D eigenvalue weighted by atomic mass is 10.0. The Kier molecular flexibility index (Phi) is 6.40. The van der Waals surface area contributed by atoms with Gasteiger partial charge < -0.3 is 5.73 Å². The Morgan fingerprint density at radius 2 is 1.73 bits per heavy atom. The van der Waals surface area contributed by atoms with Crippen LogP contribution in [-0.2, 0) is 10.0 Å². The standard InChI is InChI=1S/C10H24N2O2S/c1-10(2,3)9-15(13,14)12-8-6-4-5-7-11/h12H,4-9,11H2,1-3H3. The Balaban J connectivity index is 3.76. The van der Waals surface area contributed by atoms with Gasteiger partial charge in [-0.3, -0.25) is 0 Å².